The van der Waals surface area contributed by atoms with Crippen molar-refractivity contribution in [2.75, 3.05) is 0 Å². The fourth-order valence-corrected chi connectivity index (χ4v) is 1.64. The second-order valence-electron chi connectivity index (χ2n) is 4.02. The van der Waals surface area contributed by atoms with E-state index in [9.17, 15) is 0 Å². The van der Waals surface area contributed by atoms with Crippen molar-refractivity contribution in [1.82, 2.24) is 0 Å². The summed E-state index contributed by atoms with van der Waals surface area (Å²) in [5, 5.41) is 0. The van der Waals surface area contributed by atoms with Crippen molar-refractivity contribution in [2.24, 2.45) is 0 Å². The van der Waals surface area contributed by atoms with Crippen molar-refractivity contribution in [3.8, 4) is 24.2 Å². The number of terminal acetylenes is 1. The minimum Gasteiger partial charge on any atom is -0.106 e. The highest BCUT2D eigenvalue weighted by atomic mass is 14.0. The summed E-state index contributed by atoms with van der Waals surface area (Å²) in [6, 6.07) is 0. The van der Waals surface area contributed by atoms with Gasteiger partial charge in [0.15, 0.2) is 0 Å². The Morgan fingerprint density at radius 3 is 1.87 bits per heavy atom. The van der Waals surface area contributed by atoms with Gasteiger partial charge in [0, 0.05) is 6.42 Å². The molecule has 0 amide bonds. The molecule has 0 saturated carbocycles. The van der Waals surface area contributed by atoms with E-state index in [-0.39, 0.29) is 0 Å². The summed E-state index contributed by atoms with van der Waals surface area (Å²) in [4.78, 5) is 0. The van der Waals surface area contributed by atoms with Crippen LogP contribution in [0.15, 0.2) is 0 Å². The molecular weight excluding hydrogens is 180 g/mol. The Labute approximate surface area is 95.8 Å². The van der Waals surface area contributed by atoms with Crippen LogP contribution in [0, 0.1) is 24.2 Å². The van der Waals surface area contributed by atoms with Crippen LogP contribution in [0.25, 0.3) is 0 Å². The third kappa shape index (κ3) is 13.1. The van der Waals surface area contributed by atoms with Crippen molar-refractivity contribution >= 4 is 0 Å². The average molecular weight is 204 g/mol. The lowest BCUT2D eigenvalue weighted by Gasteiger charge is -1.99. The third-order valence-electron chi connectivity index (χ3n) is 2.57. The van der Waals surface area contributed by atoms with Crippen LogP contribution in [0.2, 0.25) is 0 Å². The van der Waals surface area contributed by atoms with Gasteiger partial charge in [-0.25, -0.2) is 0 Å². The van der Waals surface area contributed by atoms with Gasteiger partial charge in [-0.1, -0.05) is 64.2 Å². The highest BCUT2D eigenvalue weighted by Gasteiger charge is 1.90. The molecule has 0 aliphatic carbocycles. The zero-order valence-electron chi connectivity index (χ0n) is 10.1. The van der Waals surface area contributed by atoms with Gasteiger partial charge in [0.25, 0.3) is 0 Å². The monoisotopic (exact) mass is 204 g/mol. The lowest BCUT2D eigenvalue weighted by atomic mass is 10.1. The quantitative estimate of drug-likeness (QED) is 0.382. The van der Waals surface area contributed by atoms with Gasteiger partial charge >= 0.3 is 0 Å². The van der Waals surface area contributed by atoms with Crippen LogP contribution < -0.4 is 0 Å². The molecule has 15 heavy (non-hydrogen) atoms. The lowest BCUT2D eigenvalue weighted by molar-refractivity contribution is 0.567. The van der Waals surface area contributed by atoms with Gasteiger partial charge in [-0.05, 0) is 18.3 Å². The summed E-state index contributed by atoms with van der Waals surface area (Å²) in [6.45, 7) is 2.26. The van der Waals surface area contributed by atoms with Crippen LogP contribution in [0.1, 0.15) is 71.1 Å². The van der Waals surface area contributed by atoms with E-state index in [4.69, 9.17) is 6.42 Å². The molecular formula is C15H24. The van der Waals surface area contributed by atoms with Gasteiger partial charge < -0.3 is 0 Å². The Balaban J connectivity index is 2.96. The molecule has 0 nitrogen and oxygen atoms in total. The third-order valence-corrected chi connectivity index (χ3v) is 2.57. The SMILES string of the molecule is C#CC#CCCCCCCCCCCC. The highest BCUT2D eigenvalue weighted by molar-refractivity contribution is 5.21. The normalized spacial score (nSPS) is 9.07. The standard InChI is InChI=1S/C15H24/c1-3-5-7-9-11-13-15-14-12-10-8-6-4-2/h1H,4,6,8-15H2,2H3. The Kier molecular flexibility index (Phi) is 12.4. The minimum atomic E-state index is 0.972. The zero-order chi connectivity index (χ0) is 11.2. The number of unbranched alkanes of at least 4 members (excludes halogenated alkanes) is 9. The number of hydrogen-bond donors (Lipinski definition) is 0. The van der Waals surface area contributed by atoms with Crippen LogP contribution in [-0.2, 0) is 0 Å². The van der Waals surface area contributed by atoms with Gasteiger partial charge in [-0.3, -0.25) is 0 Å². The van der Waals surface area contributed by atoms with Crippen molar-refractivity contribution < 1.29 is 0 Å². The van der Waals surface area contributed by atoms with Crippen LogP contribution >= 0.6 is 0 Å². The summed E-state index contributed by atoms with van der Waals surface area (Å²) in [5.74, 6) is 7.96. The molecule has 0 bridgehead atoms. The van der Waals surface area contributed by atoms with E-state index in [0.29, 0.717) is 0 Å². The number of hydrogen-bond acceptors (Lipinski definition) is 0. The Bertz CT molecular complexity index is 208. The molecule has 0 saturated heterocycles. The maximum atomic E-state index is 5.03. The van der Waals surface area contributed by atoms with Gasteiger partial charge in [0.1, 0.15) is 0 Å². The zero-order valence-corrected chi connectivity index (χ0v) is 10.1. The highest BCUT2D eigenvalue weighted by Crippen LogP contribution is 2.09. The molecule has 0 aromatic carbocycles. The molecule has 0 unspecified atom stereocenters. The minimum absolute atomic E-state index is 0.972. The molecule has 0 aliphatic heterocycles. The summed E-state index contributed by atoms with van der Waals surface area (Å²) in [5.41, 5.74) is 0. The van der Waals surface area contributed by atoms with Crippen molar-refractivity contribution in [1.29, 1.82) is 0 Å². The van der Waals surface area contributed by atoms with Crippen molar-refractivity contribution in [3.05, 3.63) is 0 Å². The number of rotatable bonds is 9. The predicted octanol–water partition coefficient (Wildman–Crippen LogP) is 4.54. The molecule has 0 rings (SSSR count). The van der Waals surface area contributed by atoms with Gasteiger partial charge in [0.05, 0.1) is 0 Å². The van der Waals surface area contributed by atoms with E-state index >= 15 is 0 Å². The average Bonchev–Trinajstić information content (AvgIpc) is 2.26. The van der Waals surface area contributed by atoms with Crippen LogP contribution in [0.3, 0.4) is 0 Å². The maximum Gasteiger partial charge on any atom is 0.00989 e. The molecule has 0 atom stereocenters. The van der Waals surface area contributed by atoms with Gasteiger partial charge in [-0.2, -0.15) is 0 Å². The summed E-state index contributed by atoms with van der Waals surface area (Å²) < 4.78 is 0. The molecule has 0 aliphatic rings. The van der Waals surface area contributed by atoms with Crippen molar-refractivity contribution in [3.63, 3.8) is 0 Å². The van der Waals surface area contributed by atoms with E-state index in [0.717, 1.165) is 6.42 Å². The summed E-state index contributed by atoms with van der Waals surface area (Å²) in [7, 11) is 0. The second-order valence-corrected chi connectivity index (χ2v) is 4.02. The maximum absolute atomic E-state index is 5.03. The first-order valence-electron chi connectivity index (χ1n) is 6.35. The molecule has 0 fully saturated rings. The van der Waals surface area contributed by atoms with Crippen LogP contribution in [0.5, 0.6) is 0 Å². The molecule has 0 spiro atoms. The van der Waals surface area contributed by atoms with E-state index in [1.165, 1.54) is 57.8 Å². The molecule has 0 heterocycles. The summed E-state index contributed by atoms with van der Waals surface area (Å²) >= 11 is 0. The van der Waals surface area contributed by atoms with E-state index in [2.05, 4.69) is 24.7 Å². The van der Waals surface area contributed by atoms with E-state index in [1.807, 2.05) is 0 Å². The van der Waals surface area contributed by atoms with E-state index in [1.54, 1.807) is 0 Å². The predicted molar refractivity (Wildman–Crippen MR) is 68.5 cm³/mol. The largest absolute Gasteiger partial charge is 0.106 e. The fraction of sp³-hybridized carbons (Fsp3) is 0.733. The first-order chi connectivity index (χ1) is 7.41. The topological polar surface area (TPSA) is 0 Å². The molecule has 0 heteroatoms. The summed E-state index contributed by atoms with van der Waals surface area (Å²) in [6.07, 6.45) is 18.3. The Morgan fingerprint density at radius 2 is 1.33 bits per heavy atom. The second kappa shape index (κ2) is 13.1. The smallest absolute Gasteiger partial charge is 0.00989 e. The molecule has 0 aromatic heterocycles. The Hall–Kier alpha value is -0.880. The Morgan fingerprint density at radius 1 is 0.800 bits per heavy atom. The molecule has 0 aromatic rings. The van der Waals surface area contributed by atoms with Crippen LogP contribution in [-0.4, -0.2) is 0 Å². The van der Waals surface area contributed by atoms with E-state index < -0.39 is 0 Å². The van der Waals surface area contributed by atoms with Gasteiger partial charge in [-0.15, -0.1) is 6.42 Å². The molecule has 84 valence electrons. The molecule has 0 radical (unpaired) electrons. The lowest BCUT2D eigenvalue weighted by Crippen LogP contribution is -1.80. The first kappa shape index (κ1) is 14.1. The van der Waals surface area contributed by atoms with Crippen molar-refractivity contribution in [2.45, 2.75) is 71.1 Å². The molecule has 0 N–H and O–H groups in total. The first-order valence-corrected chi connectivity index (χ1v) is 6.35. The fourth-order valence-electron chi connectivity index (χ4n) is 1.64. The van der Waals surface area contributed by atoms with Crippen LogP contribution in [0.4, 0.5) is 0 Å². The van der Waals surface area contributed by atoms with Gasteiger partial charge in [0.2, 0.25) is 0 Å².